The molecule has 0 radical (unpaired) electrons. The van der Waals surface area contributed by atoms with Crippen LogP contribution in [0.5, 0.6) is 46.0 Å². The van der Waals surface area contributed by atoms with Gasteiger partial charge in [0.25, 0.3) is 0 Å². The van der Waals surface area contributed by atoms with Crippen molar-refractivity contribution in [1.82, 2.24) is 0 Å². The molecule has 17 rings (SSSR count). The summed E-state index contributed by atoms with van der Waals surface area (Å²) in [6.45, 7) is 8.81. The van der Waals surface area contributed by atoms with Crippen LogP contribution in [0, 0.1) is 0 Å². The molecule has 0 N–H and O–H groups in total. The van der Waals surface area contributed by atoms with Gasteiger partial charge in [0.1, 0.15) is 46.0 Å². The molecule has 5 aliphatic rings. The summed E-state index contributed by atoms with van der Waals surface area (Å²) in [5, 5.41) is 8.93. The summed E-state index contributed by atoms with van der Waals surface area (Å²) < 4.78 is 62.6. The summed E-state index contributed by atoms with van der Waals surface area (Å²) in [7, 11) is 0. The van der Waals surface area contributed by atoms with Crippen molar-refractivity contribution in [2.24, 2.45) is 0 Å². The molecular formula is C104H108O8P4S4. The number of hydrogen-bond acceptors (Lipinski definition) is 12. The van der Waals surface area contributed by atoms with Crippen LogP contribution < -0.4 is 80.3 Å². The van der Waals surface area contributed by atoms with E-state index in [1.807, 2.05) is 0 Å². The zero-order valence-corrected chi connectivity index (χ0v) is 76.4. The molecule has 12 aromatic rings. The first-order valence-corrected chi connectivity index (χ1v) is 55.4. The fourth-order valence-corrected chi connectivity index (χ4v) is 34.7. The van der Waals surface area contributed by atoms with Crippen LogP contribution in [-0.2, 0) is 123 Å². The minimum absolute atomic E-state index is 0.115. The van der Waals surface area contributed by atoms with Gasteiger partial charge in [-0.05, 0) is 116 Å². The molecule has 12 aromatic carbocycles. The van der Waals surface area contributed by atoms with Crippen LogP contribution in [-0.4, -0.2) is 27.2 Å². The number of benzene rings is 12. The molecule has 16 heteroatoms. The first-order chi connectivity index (χ1) is 58.9. The maximum Gasteiger partial charge on any atom is 0.230 e. The summed E-state index contributed by atoms with van der Waals surface area (Å²) >= 11 is 30.2. The van der Waals surface area contributed by atoms with Gasteiger partial charge in [0.05, 0.1) is 0 Å². The van der Waals surface area contributed by atoms with Crippen LogP contribution in [0.4, 0.5) is 0 Å². The van der Waals surface area contributed by atoms with Gasteiger partial charge >= 0.3 is 0 Å². The van der Waals surface area contributed by atoms with E-state index >= 15 is 0 Å². The summed E-state index contributed by atoms with van der Waals surface area (Å²) in [4.78, 5) is 0. The average Bonchev–Trinajstić information content (AvgIpc) is 0.717. The highest BCUT2D eigenvalue weighted by molar-refractivity contribution is 8.22. The predicted molar refractivity (Wildman–Crippen MR) is 515 cm³/mol. The minimum Gasteiger partial charge on any atom is -0.457 e. The normalized spacial score (nSPS) is 13.9. The fraction of sp³-hybridized carbons (Fsp3) is 0.308. The summed E-state index contributed by atoms with van der Waals surface area (Å²) in [6.07, 6.45) is 18.8. The third-order valence-electron chi connectivity index (χ3n) is 25.4. The van der Waals surface area contributed by atoms with E-state index in [4.69, 9.17) is 85.1 Å². The number of hydrogen-bond donors (Lipinski definition) is 0. The molecule has 0 aromatic heterocycles. The van der Waals surface area contributed by atoms with E-state index in [1.165, 1.54) is 22.3 Å². The number of rotatable bonds is 32. The van der Waals surface area contributed by atoms with Crippen LogP contribution >= 0.6 is 24.2 Å². The van der Waals surface area contributed by atoms with E-state index in [0.29, 0.717) is 50.3 Å². The molecular weight excluding hydrogens is 1630 g/mol. The molecule has 8 nitrogen and oxygen atoms in total. The first-order valence-electron chi connectivity index (χ1n) is 43.5. The topological polar surface area (TPSA) is 73.8 Å². The van der Waals surface area contributed by atoms with Crippen molar-refractivity contribution in [3.05, 3.63) is 332 Å². The molecule has 8 bridgehead atoms. The second-order valence-electron chi connectivity index (χ2n) is 32.7. The largest absolute Gasteiger partial charge is 0.457 e. The molecule has 0 saturated carbocycles. The van der Waals surface area contributed by atoms with E-state index in [0.717, 1.165) is 258 Å². The standard InChI is InChI=1S/C104H108O8P4S4/c1-5-9-21-57-81-85-61-87-82(58-22-10-6-2)89-63-91-84(60-24-12-8-4)92-64-90-83(59-23-11-7-3)88-62-86(81)98-93(65-113(117,73-41-25-13-26-42-73)74-43-27-14-28-44-74)97(85)105-69-107-99(87)94(66-114(118,75-45-29-15-30-46-75)76-47-31-16-32-48-76)101(89)109-71-111-103(91)96(68-116(120,79-53-37-19-38-54-79)80-55-39-20-40-56-80)104(92)112-72-110-102(90)95(100(88)108-70-106-98)67-115(119,77-49-33-17-34-50-77)78-51-35-18-36-52-78/h13-20,25-56H,5-12,21-24,57-72H2,1-4H3. The monoisotopic (exact) mass is 1740 g/mol. The van der Waals surface area contributed by atoms with Gasteiger partial charge in [-0.1, -0.05) is 369 Å². The van der Waals surface area contributed by atoms with Crippen molar-refractivity contribution in [2.45, 2.75) is 181 Å². The van der Waals surface area contributed by atoms with Crippen molar-refractivity contribution < 1.29 is 37.9 Å². The lowest BCUT2D eigenvalue weighted by atomic mass is 9.78. The number of ether oxygens (including phenoxy) is 8. The smallest absolute Gasteiger partial charge is 0.230 e. The van der Waals surface area contributed by atoms with Crippen LogP contribution in [0.25, 0.3) is 0 Å². The molecule has 0 fully saturated rings. The maximum absolute atomic E-state index is 7.82. The maximum atomic E-state index is 7.82. The van der Waals surface area contributed by atoms with Crippen molar-refractivity contribution in [1.29, 1.82) is 0 Å². The Labute approximate surface area is 731 Å². The zero-order chi connectivity index (χ0) is 82.2. The van der Waals surface area contributed by atoms with E-state index < -0.39 is 24.2 Å². The molecule has 0 amide bonds. The summed E-state index contributed by atoms with van der Waals surface area (Å²) in [6, 6.07) is 75.7. The zero-order valence-electron chi connectivity index (χ0n) is 69.6. The molecule has 0 saturated heterocycles. The van der Waals surface area contributed by atoms with E-state index in [9.17, 15) is 0 Å². The average molecular weight is 1740 g/mol. The molecule has 0 spiro atoms. The van der Waals surface area contributed by atoms with Crippen molar-refractivity contribution in [2.75, 3.05) is 27.2 Å². The predicted octanol–water partition coefficient (Wildman–Crippen LogP) is 22.7. The Bertz CT molecular complexity index is 4860. The van der Waals surface area contributed by atoms with Gasteiger partial charge in [-0.15, -0.1) is 0 Å². The Balaban J connectivity index is 1.07. The van der Waals surface area contributed by atoms with Gasteiger partial charge in [-0.25, -0.2) is 0 Å². The van der Waals surface area contributed by atoms with E-state index in [-0.39, 0.29) is 27.2 Å². The lowest BCUT2D eigenvalue weighted by Gasteiger charge is -2.37. The lowest BCUT2D eigenvalue weighted by Crippen LogP contribution is -2.27. The number of unbranched alkanes of at least 4 members (excludes halogenated alkanes) is 8. The van der Waals surface area contributed by atoms with Crippen molar-refractivity contribution in [3.63, 3.8) is 0 Å². The second kappa shape index (κ2) is 37.8. The Morgan fingerprint density at radius 2 is 0.342 bits per heavy atom. The van der Waals surface area contributed by atoms with Crippen molar-refractivity contribution >= 4 is 114 Å². The molecule has 4 heterocycles. The van der Waals surface area contributed by atoms with Crippen LogP contribution in [0.15, 0.2) is 243 Å². The van der Waals surface area contributed by atoms with Crippen LogP contribution in [0.1, 0.15) is 194 Å². The lowest BCUT2D eigenvalue weighted by molar-refractivity contribution is 0.0969. The molecule has 0 unspecified atom stereocenters. The Kier molecular flexibility index (Phi) is 26.4. The molecule has 120 heavy (non-hydrogen) atoms. The molecule has 4 aliphatic heterocycles. The molecule has 1 aliphatic carbocycles. The highest BCUT2D eigenvalue weighted by atomic mass is 32.5. The highest BCUT2D eigenvalue weighted by Crippen LogP contribution is 2.62. The highest BCUT2D eigenvalue weighted by Gasteiger charge is 2.43. The van der Waals surface area contributed by atoms with Gasteiger partial charge < -0.3 is 37.9 Å². The van der Waals surface area contributed by atoms with E-state index in [2.05, 4.69) is 270 Å². The van der Waals surface area contributed by atoms with E-state index in [1.54, 1.807) is 0 Å². The second-order valence-corrected chi connectivity index (χ2v) is 51.5. The summed E-state index contributed by atoms with van der Waals surface area (Å²) in [5.74, 6) is 6.26. The van der Waals surface area contributed by atoms with Gasteiger partial charge in [-0.3, -0.25) is 0 Å². The van der Waals surface area contributed by atoms with Crippen LogP contribution in [0.2, 0.25) is 0 Å². The van der Waals surface area contributed by atoms with Crippen molar-refractivity contribution in [3.8, 4) is 46.0 Å². The first kappa shape index (κ1) is 83.9. The van der Waals surface area contributed by atoms with Crippen LogP contribution in [0.3, 0.4) is 0 Å². The quantitative estimate of drug-likeness (QED) is 0.0298. The molecule has 0 atom stereocenters. The Morgan fingerprint density at radius 3 is 0.475 bits per heavy atom. The SMILES string of the molecule is CCCCCc1c2c3c(CP(=S)(c4ccccc4)c4ccccc4)c4c1Cc1c(CCCCC)c5c(c(CP(=S)(c6ccccc6)c6ccccc6)c1OCO4)OCOc1c(c(CCCCC)c4c(c1CP(=S)(c1ccccc1)c1ccccc1)OCOc1c(c(CCCCC)c(c(c1CP(=S)(c1ccccc1)c1ccccc1)OCO3)C2)C4)C5. The van der Waals surface area contributed by atoms with Gasteiger partial charge in [-0.2, -0.15) is 0 Å². The minimum atomic E-state index is -2.82. The van der Waals surface area contributed by atoms with Gasteiger partial charge in [0, 0.05) is 141 Å². The van der Waals surface area contributed by atoms with Gasteiger partial charge in [0.15, 0.2) is 0 Å². The Hall–Kier alpha value is -8.36. The Morgan fingerprint density at radius 1 is 0.200 bits per heavy atom. The third-order valence-corrected chi connectivity index (χ3v) is 44.1. The fourth-order valence-electron chi connectivity index (χ4n) is 19.4. The molecule has 616 valence electrons. The third kappa shape index (κ3) is 16.5. The summed E-state index contributed by atoms with van der Waals surface area (Å²) in [5.41, 5.74) is 18.0. The van der Waals surface area contributed by atoms with Gasteiger partial charge in [0.2, 0.25) is 27.2 Å².